The van der Waals surface area contributed by atoms with Crippen molar-refractivity contribution in [3.63, 3.8) is 0 Å². The van der Waals surface area contributed by atoms with Gasteiger partial charge in [0.05, 0.1) is 7.11 Å². The first-order valence-electron chi connectivity index (χ1n) is 10.8. The summed E-state index contributed by atoms with van der Waals surface area (Å²) in [6.07, 6.45) is 0.0680. The Kier molecular flexibility index (Phi) is 9.85. The first-order chi connectivity index (χ1) is 15.2. The second-order valence-corrected chi connectivity index (χ2v) is 8.96. The van der Waals surface area contributed by atoms with E-state index in [1.807, 2.05) is 52.0 Å². The molecular weight excluding hydrogens is 428 g/mol. The van der Waals surface area contributed by atoms with Gasteiger partial charge in [-0.3, -0.25) is 9.59 Å². The predicted molar refractivity (Wildman–Crippen MR) is 127 cm³/mol. The Morgan fingerprint density at radius 2 is 1.50 bits per heavy atom. The van der Waals surface area contributed by atoms with Crippen LogP contribution in [0, 0.1) is 11.8 Å². The molecule has 0 unspecified atom stereocenters. The van der Waals surface area contributed by atoms with Gasteiger partial charge in [0.1, 0.15) is 12.8 Å². The van der Waals surface area contributed by atoms with Crippen molar-refractivity contribution in [2.24, 2.45) is 11.8 Å². The van der Waals surface area contributed by atoms with Crippen LogP contribution in [0.4, 0.5) is 0 Å². The summed E-state index contributed by atoms with van der Waals surface area (Å²) in [5, 5.41) is 6.47. The third-order valence-electron chi connectivity index (χ3n) is 4.66. The Bertz CT molecular complexity index is 891. The molecule has 0 aliphatic carbocycles. The standard InChI is InChI=1S/C25H33ClN2O4/c1-16(2)12-23(29)27-25(28-24(30)13-17(3)4)18-10-11-21(22(14-18)31-5)32-15-19-8-6-7-9-20(19)26/h6-11,14,16-17,25H,12-13,15H2,1-5H3,(H,27,29)(H,28,30). The normalized spacial score (nSPS) is 11.0. The van der Waals surface area contributed by atoms with Crippen LogP contribution >= 0.6 is 11.6 Å². The van der Waals surface area contributed by atoms with Gasteiger partial charge in [-0.2, -0.15) is 0 Å². The smallest absolute Gasteiger partial charge is 0.222 e. The second kappa shape index (κ2) is 12.3. The number of carbonyl (C=O) groups excluding carboxylic acids is 2. The summed E-state index contributed by atoms with van der Waals surface area (Å²) < 4.78 is 11.4. The molecule has 32 heavy (non-hydrogen) atoms. The maximum Gasteiger partial charge on any atom is 0.222 e. The third kappa shape index (κ3) is 8.08. The fourth-order valence-corrected chi connectivity index (χ4v) is 3.33. The van der Waals surface area contributed by atoms with E-state index >= 15 is 0 Å². The lowest BCUT2D eigenvalue weighted by atomic mass is 10.1. The molecule has 0 fully saturated rings. The number of carbonyl (C=O) groups is 2. The van der Waals surface area contributed by atoms with Crippen LogP contribution in [0.15, 0.2) is 42.5 Å². The van der Waals surface area contributed by atoms with Gasteiger partial charge in [-0.15, -0.1) is 0 Å². The van der Waals surface area contributed by atoms with Gasteiger partial charge in [0.15, 0.2) is 11.5 Å². The summed E-state index contributed by atoms with van der Waals surface area (Å²) in [4.78, 5) is 24.8. The quantitative estimate of drug-likeness (QED) is 0.449. The van der Waals surface area contributed by atoms with Crippen molar-refractivity contribution < 1.29 is 19.1 Å². The minimum Gasteiger partial charge on any atom is -0.493 e. The Labute approximate surface area is 195 Å². The van der Waals surface area contributed by atoms with Crippen molar-refractivity contribution in [3.8, 4) is 11.5 Å². The minimum atomic E-state index is -0.668. The lowest BCUT2D eigenvalue weighted by Gasteiger charge is -2.23. The monoisotopic (exact) mass is 460 g/mol. The third-order valence-corrected chi connectivity index (χ3v) is 5.03. The molecule has 0 radical (unpaired) electrons. The van der Waals surface area contributed by atoms with E-state index in [2.05, 4.69) is 10.6 Å². The number of halogens is 1. The highest BCUT2D eigenvalue weighted by molar-refractivity contribution is 6.31. The van der Waals surface area contributed by atoms with Crippen molar-refractivity contribution in [2.45, 2.75) is 53.3 Å². The van der Waals surface area contributed by atoms with Crippen molar-refractivity contribution in [2.75, 3.05) is 7.11 Å². The second-order valence-electron chi connectivity index (χ2n) is 8.55. The molecule has 0 atom stereocenters. The van der Waals surface area contributed by atoms with Crippen LogP contribution in [0.1, 0.15) is 57.8 Å². The molecule has 2 aromatic carbocycles. The van der Waals surface area contributed by atoms with E-state index in [0.29, 0.717) is 34.9 Å². The Balaban J connectivity index is 2.22. The molecule has 6 nitrogen and oxygen atoms in total. The van der Waals surface area contributed by atoms with Gasteiger partial charge in [-0.1, -0.05) is 63.6 Å². The van der Waals surface area contributed by atoms with Crippen molar-refractivity contribution in [1.29, 1.82) is 0 Å². The molecule has 0 saturated heterocycles. The van der Waals surface area contributed by atoms with Gasteiger partial charge < -0.3 is 20.1 Å². The summed E-state index contributed by atoms with van der Waals surface area (Å²) in [6, 6.07) is 12.8. The molecule has 0 aromatic heterocycles. The number of methoxy groups -OCH3 is 1. The number of nitrogens with one attached hydrogen (secondary N) is 2. The van der Waals surface area contributed by atoms with E-state index in [-0.39, 0.29) is 30.3 Å². The van der Waals surface area contributed by atoms with Crippen LogP contribution in [-0.2, 0) is 16.2 Å². The average Bonchev–Trinajstić information content (AvgIpc) is 2.71. The Morgan fingerprint density at radius 3 is 2.03 bits per heavy atom. The number of hydrogen-bond acceptors (Lipinski definition) is 4. The Morgan fingerprint density at radius 1 is 0.906 bits per heavy atom. The summed E-state index contributed by atoms with van der Waals surface area (Å²) >= 11 is 6.21. The van der Waals surface area contributed by atoms with E-state index in [1.54, 1.807) is 25.3 Å². The Hall–Kier alpha value is -2.73. The lowest BCUT2D eigenvalue weighted by Crippen LogP contribution is -2.41. The molecule has 2 aromatic rings. The average molecular weight is 461 g/mol. The lowest BCUT2D eigenvalue weighted by molar-refractivity contribution is -0.125. The molecule has 7 heteroatoms. The minimum absolute atomic E-state index is 0.132. The van der Waals surface area contributed by atoms with Crippen LogP contribution < -0.4 is 20.1 Å². The number of ether oxygens (including phenoxy) is 2. The van der Waals surface area contributed by atoms with Crippen molar-refractivity contribution in [1.82, 2.24) is 10.6 Å². The molecule has 2 rings (SSSR count). The molecule has 0 heterocycles. The van der Waals surface area contributed by atoms with Crippen LogP contribution in [-0.4, -0.2) is 18.9 Å². The zero-order chi connectivity index (χ0) is 23.7. The van der Waals surface area contributed by atoms with Gasteiger partial charge in [0.25, 0.3) is 0 Å². The molecule has 0 bridgehead atoms. The van der Waals surface area contributed by atoms with Crippen LogP contribution in [0.5, 0.6) is 11.5 Å². The molecule has 0 spiro atoms. The van der Waals surface area contributed by atoms with Crippen LogP contribution in [0.25, 0.3) is 0 Å². The highest BCUT2D eigenvalue weighted by Crippen LogP contribution is 2.31. The van der Waals surface area contributed by atoms with E-state index < -0.39 is 6.17 Å². The highest BCUT2D eigenvalue weighted by atomic mass is 35.5. The van der Waals surface area contributed by atoms with Gasteiger partial charge in [-0.25, -0.2) is 0 Å². The number of hydrogen-bond donors (Lipinski definition) is 2. The molecule has 0 aliphatic rings. The summed E-state index contributed by atoms with van der Waals surface area (Å²) in [7, 11) is 1.55. The predicted octanol–water partition coefficient (Wildman–Crippen LogP) is 5.25. The molecule has 2 N–H and O–H groups in total. The van der Waals surface area contributed by atoms with Gasteiger partial charge in [0, 0.05) is 23.4 Å². The summed E-state index contributed by atoms with van der Waals surface area (Å²) in [6.45, 7) is 8.18. The van der Waals surface area contributed by atoms with E-state index in [9.17, 15) is 9.59 Å². The molecule has 174 valence electrons. The molecule has 0 saturated carbocycles. The largest absolute Gasteiger partial charge is 0.493 e. The van der Waals surface area contributed by atoms with E-state index in [1.165, 1.54) is 0 Å². The number of benzene rings is 2. The zero-order valence-electron chi connectivity index (χ0n) is 19.4. The first kappa shape index (κ1) is 25.5. The fourth-order valence-electron chi connectivity index (χ4n) is 3.14. The summed E-state index contributed by atoms with van der Waals surface area (Å²) in [5.74, 6) is 1.18. The topological polar surface area (TPSA) is 76.7 Å². The SMILES string of the molecule is COc1cc(C(NC(=O)CC(C)C)NC(=O)CC(C)C)ccc1OCc1ccccc1Cl. The van der Waals surface area contributed by atoms with Crippen molar-refractivity contribution in [3.05, 3.63) is 58.6 Å². The molecular formula is C25H33ClN2O4. The maximum absolute atomic E-state index is 12.4. The number of amides is 2. The molecule has 0 aliphatic heterocycles. The van der Waals surface area contributed by atoms with Crippen LogP contribution in [0.3, 0.4) is 0 Å². The maximum atomic E-state index is 12.4. The van der Waals surface area contributed by atoms with Crippen molar-refractivity contribution >= 4 is 23.4 Å². The van der Waals surface area contributed by atoms with Gasteiger partial charge in [0.2, 0.25) is 11.8 Å². The van der Waals surface area contributed by atoms with E-state index in [0.717, 1.165) is 5.56 Å². The van der Waals surface area contributed by atoms with Gasteiger partial charge in [-0.05, 0) is 35.6 Å². The first-order valence-corrected chi connectivity index (χ1v) is 11.2. The molecule has 2 amide bonds. The highest BCUT2D eigenvalue weighted by Gasteiger charge is 2.20. The van der Waals surface area contributed by atoms with E-state index in [4.69, 9.17) is 21.1 Å². The fraction of sp³-hybridized carbons (Fsp3) is 0.440. The number of rotatable bonds is 11. The van der Waals surface area contributed by atoms with Gasteiger partial charge >= 0.3 is 0 Å². The van der Waals surface area contributed by atoms with Crippen LogP contribution in [0.2, 0.25) is 5.02 Å². The zero-order valence-corrected chi connectivity index (χ0v) is 20.2. The summed E-state index contributed by atoms with van der Waals surface area (Å²) in [5.41, 5.74) is 1.56.